The van der Waals surface area contributed by atoms with E-state index in [2.05, 4.69) is 13.8 Å². The Morgan fingerprint density at radius 1 is 1.08 bits per heavy atom. The fourth-order valence-electron chi connectivity index (χ4n) is 1.29. The molecule has 3 heteroatoms. The van der Waals surface area contributed by atoms with Crippen molar-refractivity contribution < 1.29 is 9.09 Å². The molecule has 0 atom stereocenters. The second-order valence-corrected chi connectivity index (χ2v) is 4.27. The normalized spacial score (nSPS) is 11.3. The molecule has 0 aromatic carbocycles. The number of rotatable bonds is 9. The lowest BCUT2D eigenvalue weighted by atomic mass is 10.0. The van der Waals surface area contributed by atoms with Gasteiger partial charge in [-0.2, -0.15) is 0 Å². The predicted octanol–water partition coefficient (Wildman–Crippen LogP) is 4.21. The lowest BCUT2D eigenvalue weighted by Crippen LogP contribution is -1.88. The van der Waals surface area contributed by atoms with Gasteiger partial charge in [-0.1, -0.05) is 46.0 Å². The first-order valence-corrected chi connectivity index (χ1v) is 5.95. The molecule has 2 nitrogen and oxygen atoms in total. The summed E-state index contributed by atoms with van der Waals surface area (Å²) in [7, 11) is -0.180. The van der Waals surface area contributed by atoms with Crippen molar-refractivity contribution in [1.29, 1.82) is 0 Å². The van der Waals surface area contributed by atoms with Gasteiger partial charge in [-0.05, 0) is 12.3 Å². The lowest BCUT2D eigenvalue weighted by molar-refractivity contribution is 0.327. The monoisotopic (exact) mass is 204 g/mol. The maximum atomic E-state index is 9.89. The molecule has 0 spiro atoms. The van der Waals surface area contributed by atoms with Gasteiger partial charge in [-0.15, -0.1) is 0 Å². The topological polar surface area (TPSA) is 26.3 Å². The molecule has 0 bridgehead atoms. The van der Waals surface area contributed by atoms with Crippen molar-refractivity contribution in [1.82, 2.24) is 0 Å². The second kappa shape index (κ2) is 10.1. The summed E-state index contributed by atoms with van der Waals surface area (Å²) in [5.41, 5.74) is 0. The third-order valence-electron chi connectivity index (χ3n) is 2.07. The first kappa shape index (κ1) is 13.1. The van der Waals surface area contributed by atoms with E-state index in [1.165, 1.54) is 32.1 Å². The zero-order chi connectivity index (χ0) is 9.94. The molecule has 0 heterocycles. The summed E-state index contributed by atoms with van der Waals surface area (Å²) in [4.78, 5) is 0. The molecule has 13 heavy (non-hydrogen) atoms. The quantitative estimate of drug-likeness (QED) is 0.415. The molecule has 0 aliphatic rings. The fourth-order valence-corrected chi connectivity index (χ4v) is 1.49. The summed E-state index contributed by atoms with van der Waals surface area (Å²) in [5, 5.41) is 0. The first-order valence-electron chi connectivity index (χ1n) is 5.22. The van der Waals surface area contributed by atoms with Gasteiger partial charge < -0.3 is 0 Å². The van der Waals surface area contributed by atoms with Gasteiger partial charge in [0, 0.05) is 0 Å². The molecule has 0 aromatic rings. The van der Waals surface area contributed by atoms with Crippen LogP contribution in [-0.2, 0) is 9.09 Å². The molecule has 0 amide bonds. The molecule has 0 fully saturated rings. The standard InChI is InChI=1S/C10H21O2P/c1-10(2)8-6-4-3-5-7-9-12-13-11/h10H,3-9H2,1-2H3. The van der Waals surface area contributed by atoms with Crippen molar-refractivity contribution in [3.8, 4) is 0 Å². The Morgan fingerprint density at radius 3 is 2.31 bits per heavy atom. The summed E-state index contributed by atoms with van der Waals surface area (Å²) in [5.74, 6) is 0.836. The van der Waals surface area contributed by atoms with Gasteiger partial charge in [0.15, 0.2) is 0 Å². The summed E-state index contributed by atoms with van der Waals surface area (Å²) in [6.45, 7) is 5.16. The molecule has 78 valence electrons. The highest BCUT2D eigenvalue weighted by atomic mass is 31.1. The van der Waals surface area contributed by atoms with Crippen LogP contribution in [0.25, 0.3) is 0 Å². The molecule has 0 aliphatic carbocycles. The maximum absolute atomic E-state index is 9.89. The van der Waals surface area contributed by atoms with Crippen LogP contribution in [0.1, 0.15) is 52.4 Å². The van der Waals surface area contributed by atoms with Crippen LogP contribution in [0.15, 0.2) is 0 Å². The van der Waals surface area contributed by atoms with Crippen LogP contribution in [0.4, 0.5) is 0 Å². The van der Waals surface area contributed by atoms with Crippen molar-refractivity contribution in [3.63, 3.8) is 0 Å². The summed E-state index contributed by atoms with van der Waals surface area (Å²) in [6.07, 6.45) is 7.54. The van der Waals surface area contributed by atoms with E-state index in [1.807, 2.05) is 0 Å². The molecule has 0 saturated heterocycles. The van der Waals surface area contributed by atoms with E-state index < -0.39 is 0 Å². The molecular formula is C10H21O2P. The average molecular weight is 204 g/mol. The minimum Gasteiger partial charge on any atom is -0.294 e. The molecule has 0 unspecified atom stereocenters. The Bertz CT molecular complexity index is 115. The summed E-state index contributed by atoms with van der Waals surface area (Å²) < 4.78 is 14.6. The molecule has 0 aliphatic heterocycles. The van der Waals surface area contributed by atoms with Crippen LogP contribution in [0.3, 0.4) is 0 Å². The Balaban J connectivity index is 2.87. The van der Waals surface area contributed by atoms with Crippen molar-refractivity contribution >= 4 is 8.69 Å². The highest BCUT2D eigenvalue weighted by Crippen LogP contribution is 2.10. The van der Waals surface area contributed by atoms with Crippen LogP contribution in [0.5, 0.6) is 0 Å². The van der Waals surface area contributed by atoms with E-state index in [9.17, 15) is 4.57 Å². The van der Waals surface area contributed by atoms with E-state index >= 15 is 0 Å². The van der Waals surface area contributed by atoms with Crippen LogP contribution < -0.4 is 0 Å². The Hall–Kier alpha value is 0.0600. The SMILES string of the molecule is CC(C)CCCCCCCOP=O. The van der Waals surface area contributed by atoms with Gasteiger partial charge in [0.2, 0.25) is 0 Å². The van der Waals surface area contributed by atoms with Crippen molar-refractivity contribution in [2.24, 2.45) is 5.92 Å². The highest BCUT2D eigenvalue weighted by Gasteiger charge is 1.94. The van der Waals surface area contributed by atoms with Gasteiger partial charge in [-0.3, -0.25) is 4.52 Å². The van der Waals surface area contributed by atoms with Crippen LogP contribution in [-0.4, -0.2) is 6.61 Å². The number of hydrogen-bond donors (Lipinski definition) is 0. The minimum absolute atomic E-state index is 0.180. The summed E-state index contributed by atoms with van der Waals surface area (Å²) >= 11 is 0. The zero-order valence-electron chi connectivity index (χ0n) is 8.79. The number of hydrogen-bond acceptors (Lipinski definition) is 2. The van der Waals surface area contributed by atoms with Gasteiger partial charge >= 0.3 is 8.69 Å². The fraction of sp³-hybridized carbons (Fsp3) is 1.00. The minimum atomic E-state index is -0.180. The molecule has 0 aromatic heterocycles. The maximum Gasteiger partial charge on any atom is 0.327 e. The molecule has 0 radical (unpaired) electrons. The van der Waals surface area contributed by atoms with Gasteiger partial charge in [0.1, 0.15) is 0 Å². The smallest absolute Gasteiger partial charge is 0.294 e. The van der Waals surface area contributed by atoms with Crippen LogP contribution >= 0.6 is 8.69 Å². The van der Waals surface area contributed by atoms with E-state index in [0.29, 0.717) is 6.61 Å². The second-order valence-electron chi connectivity index (χ2n) is 3.86. The van der Waals surface area contributed by atoms with Gasteiger partial charge in [0.25, 0.3) is 0 Å². The largest absolute Gasteiger partial charge is 0.327 e. The van der Waals surface area contributed by atoms with E-state index in [1.54, 1.807) is 0 Å². The van der Waals surface area contributed by atoms with Crippen LogP contribution in [0.2, 0.25) is 0 Å². The number of unbranched alkanes of at least 4 members (excludes halogenated alkanes) is 4. The highest BCUT2D eigenvalue weighted by molar-refractivity contribution is 7.17. The molecule has 0 N–H and O–H groups in total. The van der Waals surface area contributed by atoms with E-state index in [-0.39, 0.29) is 8.69 Å². The van der Waals surface area contributed by atoms with Gasteiger partial charge in [-0.25, -0.2) is 4.57 Å². The van der Waals surface area contributed by atoms with Gasteiger partial charge in [0.05, 0.1) is 6.61 Å². The third kappa shape index (κ3) is 12.1. The van der Waals surface area contributed by atoms with E-state index in [4.69, 9.17) is 4.52 Å². The molecule has 0 saturated carbocycles. The Labute approximate surface area is 83.3 Å². The zero-order valence-corrected chi connectivity index (χ0v) is 9.69. The third-order valence-corrected chi connectivity index (χ3v) is 2.36. The predicted molar refractivity (Wildman–Crippen MR) is 56.1 cm³/mol. The molecule has 0 rings (SSSR count). The van der Waals surface area contributed by atoms with Crippen molar-refractivity contribution in [2.45, 2.75) is 52.4 Å². The molecular weight excluding hydrogens is 183 g/mol. The Morgan fingerprint density at radius 2 is 1.69 bits per heavy atom. The first-order chi connectivity index (χ1) is 6.27. The lowest BCUT2D eigenvalue weighted by Gasteiger charge is -2.03. The average Bonchev–Trinajstić information content (AvgIpc) is 2.09. The van der Waals surface area contributed by atoms with Crippen molar-refractivity contribution in [2.75, 3.05) is 6.61 Å². The van der Waals surface area contributed by atoms with E-state index in [0.717, 1.165) is 12.3 Å². The van der Waals surface area contributed by atoms with Crippen LogP contribution in [0, 0.1) is 5.92 Å². The summed E-state index contributed by atoms with van der Waals surface area (Å²) in [6, 6.07) is 0. The Kier molecular flexibility index (Phi) is 10.2. The van der Waals surface area contributed by atoms with Crippen molar-refractivity contribution in [3.05, 3.63) is 0 Å².